The predicted octanol–water partition coefficient (Wildman–Crippen LogP) is 8.11. The molecular formula is C47H46ClN11O3S. The molecule has 2 saturated carbocycles. The van der Waals surface area contributed by atoms with Gasteiger partial charge in [-0.3, -0.25) is 14.4 Å². The number of amides is 1. The fraction of sp³-hybridized carbons (Fsp3) is 0.383. The van der Waals surface area contributed by atoms with E-state index in [1.807, 2.05) is 32.3 Å². The average molecular weight is 880 g/mol. The van der Waals surface area contributed by atoms with Crippen molar-refractivity contribution >= 4 is 40.4 Å². The summed E-state index contributed by atoms with van der Waals surface area (Å²) in [7, 11) is 2.01. The van der Waals surface area contributed by atoms with Gasteiger partial charge < -0.3 is 19.4 Å². The van der Waals surface area contributed by atoms with E-state index in [4.69, 9.17) is 36.0 Å². The lowest BCUT2D eigenvalue weighted by Gasteiger charge is -2.45. The van der Waals surface area contributed by atoms with Crippen molar-refractivity contribution in [1.82, 2.24) is 40.2 Å². The Labute approximate surface area is 374 Å². The lowest BCUT2D eigenvalue weighted by atomic mass is 9.63. The third-order valence-corrected chi connectivity index (χ3v) is 13.8. The topological polar surface area (TPSA) is 173 Å². The number of oxazole rings is 1. The van der Waals surface area contributed by atoms with Gasteiger partial charge in [-0.15, -0.1) is 31.7 Å². The smallest absolute Gasteiger partial charge is 0.272 e. The van der Waals surface area contributed by atoms with Crippen molar-refractivity contribution in [3.05, 3.63) is 122 Å². The predicted molar refractivity (Wildman–Crippen MR) is 240 cm³/mol. The Kier molecular flexibility index (Phi) is 11.6. The number of pyridine rings is 1. The zero-order valence-electron chi connectivity index (χ0n) is 35.7. The van der Waals surface area contributed by atoms with Crippen molar-refractivity contribution in [2.75, 3.05) is 18.5 Å². The van der Waals surface area contributed by atoms with Crippen LogP contribution in [0.3, 0.4) is 0 Å². The molecule has 6 aromatic rings. The maximum absolute atomic E-state index is 13.1. The van der Waals surface area contributed by atoms with Crippen LogP contribution >= 0.6 is 22.9 Å². The van der Waals surface area contributed by atoms with Crippen LogP contribution < -0.4 is 15.0 Å². The summed E-state index contributed by atoms with van der Waals surface area (Å²) in [4.78, 5) is 30.9. The summed E-state index contributed by atoms with van der Waals surface area (Å²) in [6.45, 7) is 9.31. The van der Waals surface area contributed by atoms with Gasteiger partial charge in [0.05, 0.1) is 35.0 Å². The van der Waals surface area contributed by atoms with Crippen LogP contribution in [0.4, 0.5) is 5.82 Å². The van der Waals surface area contributed by atoms with Crippen LogP contribution in [0, 0.1) is 55.3 Å². The molecule has 1 aliphatic heterocycles. The first kappa shape index (κ1) is 41.9. The van der Waals surface area contributed by atoms with E-state index in [0.29, 0.717) is 45.9 Å². The monoisotopic (exact) mass is 879 g/mol. The summed E-state index contributed by atoms with van der Waals surface area (Å²) in [6.07, 6.45) is 10.6. The third-order valence-electron chi connectivity index (χ3n) is 12.3. The Bertz CT molecular complexity index is 2790. The number of hydrogen-bond donors (Lipinski definition) is 1. The van der Waals surface area contributed by atoms with Crippen molar-refractivity contribution < 1.29 is 13.9 Å². The Balaban J connectivity index is 0.780. The Morgan fingerprint density at radius 3 is 2.59 bits per heavy atom. The fourth-order valence-corrected chi connectivity index (χ4v) is 10.4. The maximum atomic E-state index is 13.1. The largest absolute Gasteiger partial charge is 0.490 e. The van der Waals surface area contributed by atoms with E-state index in [0.717, 1.165) is 78.6 Å². The molecule has 2 fully saturated rings. The highest BCUT2D eigenvalue weighted by atomic mass is 35.5. The summed E-state index contributed by atoms with van der Waals surface area (Å²) in [5, 5.41) is 31.4. The third kappa shape index (κ3) is 8.81. The first-order valence-electron chi connectivity index (χ1n) is 21.1. The molecule has 14 nitrogen and oxygen atoms in total. The van der Waals surface area contributed by atoms with E-state index in [9.17, 15) is 4.79 Å². The molecule has 5 aromatic heterocycles. The van der Waals surface area contributed by atoms with Crippen LogP contribution in [0.5, 0.6) is 5.75 Å². The second-order valence-corrected chi connectivity index (χ2v) is 18.7. The molecule has 3 aliphatic rings. The number of benzene rings is 1. The van der Waals surface area contributed by atoms with Crippen LogP contribution in [-0.4, -0.2) is 72.3 Å². The first-order valence-corrected chi connectivity index (χ1v) is 22.3. The van der Waals surface area contributed by atoms with Crippen LogP contribution in [0.25, 0.3) is 5.00 Å². The van der Waals surface area contributed by atoms with Crippen LogP contribution in [-0.2, 0) is 6.42 Å². The molecule has 320 valence electrons. The number of aliphatic imine (C=N–C) groups is 1. The highest BCUT2D eigenvalue weighted by Gasteiger charge is 2.40. The summed E-state index contributed by atoms with van der Waals surface area (Å²) < 4.78 is 13.8. The molecule has 1 atom stereocenters. The van der Waals surface area contributed by atoms with Gasteiger partial charge in [0.2, 0.25) is 0 Å². The quantitative estimate of drug-likeness (QED) is 0.132. The lowest BCUT2D eigenvalue weighted by Crippen LogP contribution is -2.43. The number of nitrogens with one attached hydrogen (secondary N) is 1. The average Bonchev–Trinajstić information content (AvgIpc) is 3.98. The van der Waals surface area contributed by atoms with Gasteiger partial charge in [0, 0.05) is 53.8 Å². The van der Waals surface area contributed by atoms with Gasteiger partial charge >= 0.3 is 0 Å². The van der Waals surface area contributed by atoms with Crippen LogP contribution in [0.15, 0.2) is 70.5 Å². The molecule has 0 bridgehead atoms. The van der Waals surface area contributed by atoms with E-state index >= 15 is 0 Å². The SMILES string of the molecule is Cc1sc2c(c1C)C(c1ccc(C#CC3CC(C)(CN(C)c4ccc(C(=O)N[C@H]5CC[C@H](Oc6ccc(C#N)c(Cl)c6)CC5)nn4)C3)nc1)=N[C@@H](Cc1ncco1)c1nnc(C)n1-2. The van der Waals surface area contributed by atoms with Gasteiger partial charge in [0.25, 0.3) is 5.91 Å². The van der Waals surface area contributed by atoms with Crippen molar-refractivity contribution in [3.8, 4) is 28.7 Å². The first-order chi connectivity index (χ1) is 30.4. The summed E-state index contributed by atoms with van der Waals surface area (Å²) in [5.74, 6) is 10.3. The summed E-state index contributed by atoms with van der Waals surface area (Å²) >= 11 is 7.88. The minimum absolute atomic E-state index is 0.0202. The van der Waals surface area contributed by atoms with Gasteiger partial charge in [0.15, 0.2) is 23.2 Å². The van der Waals surface area contributed by atoms with Gasteiger partial charge in [-0.05, 0) is 113 Å². The molecule has 0 radical (unpaired) electrons. The van der Waals surface area contributed by atoms with E-state index in [1.54, 1.807) is 48.1 Å². The van der Waals surface area contributed by atoms with Crippen molar-refractivity contribution in [2.24, 2.45) is 16.3 Å². The minimum atomic E-state index is -0.350. The van der Waals surface area contributed by atoms with Crippen molar-refractivity contribution in [2.45, 2.75) is 90.8 Å². The van der Waals surface area contributed by atoms with Crippen molar-refractivity contribution in [3.63, 3.8) is 0 Å². The molecule has 0 saturated heterocycles. The Morgan fingerprint density at radius 1 is 1.06 bits per heavy atom. The van der Waals surface area contributed by atoms with Crippen LogP contribution in [0.2, 0.25) is 5.02 Å². The fourth-order valence-electron chi connectivity index (χ4n) is 8.93. The molecule has 1 aromatic carbocycles. The number of nitriles is 1. The number of anilines is 1. The highest BCUT2D eigenvalue weighted by Crippen LogP contribution is 2.46. The zero-order chi connectivity index (χ0) is 43.8. The number of nitrogens with zero attached hydrogens (tertiary/aromatic N) is 10. The lowest BCUT2D eigenvalue weighted by molar-refractivity contribution is 0.0888. The minimum Gasteiger partial charge on any atom is -0.490 e. The Morgan fingerprint density at radius 2 is 1.89 bits per heavy atom. The molecular weight excluding hydrogens is 834 g/mol. The number of rotatable bonds is 10. The second kappa shape index (κ2) is 17.4. The number of carbonyl (C=O) groups excluding carboxylic acids is 1. The standard InChI is InChI=1S/C47H46ClN11O3S/c1-27-28(2)63-46-42(27)43(53-39(21-41-50-18-19-61-41)44-57-54-29(3)59(44)46)32-7-10-33(51-25-32)9-6-30-22-47(4,23-30)26-58(5)40-17-16-38(55-56-40)45(60)52-34-11-14-35(15-12-34)62-36-13-8-31(24-49)37(48)20-36/h7-8,10,13,16-20,25,30,34-35,39H,11-12,14-15,21-23,26H2,1-5H3,(H,52,60)/t30?,34-,35-,39-,47?/m0/s1. The van der Waals surface area contributed by atoms with Gasteiger partial charge in [-0.2, -0.15) is 5.26 Å². The summed E-state index contributed by atoms with van der Waals surface area (Å²) in [5.41, 5.74) is 5.49. The van der Waals surface area contributed by atoms with E-state index in [1.165, 1.54) is 10.4 Å². The van der Waals surface area contributed by atoms with Crippen LogP contribution in [0.1, 0.15) is 112 Å². The van der Waals surface area contributed by atoms with Gasteiger partial charge in [-0.25, -0.2) is 9.97 Å². The molecule has 0 unspecified atom stereocenters. The number of carbonyl (C=O) groups is 1. The maximum Gasteiger partial charge on any atom is 0.272 e. The number of fused-ring (bicyclic) bond motifs is 3. The molecule has 2 aliphatic carbocycles. The highest BCUT2D eigenvalue weighted by molar-refractivity contribution is 7.15. The van der Waals surface area contributed by atoms with Gasteiger partial charge in [0.1, 0.15) is 40.6 Å². The molecule has 9 rings (SSSR count). The second-order valence-electron chi connectivity index (χ2n) is 17.1. The van der Waals surface area contributed by atoms with Crippen molar-refractivity contribution in [1.29, 1.82) is 5.26 Å². The Hall–Kier alpha value is -6.42. The number of halogens is 1. The van der Waals surface area contributed by atoms with E-state index < -0.39 is 0 Å². The number of hydrogen-bond acceptors (Lipinski definition) is 13. The molecule has 1 N–H and O–H groups in total. The zero-order valence-corrected chi connectivity index (χ0v) is 37.3. The van der Waals surface area contributed by atoms with Gasteiger partial charge in [-0.1, -0.05) is 24.4 Å². The van der Waals surface area contributed by atoms with E-state index in [2.05, 4.69) is 84.9 Å². The summed E-state index contributed by atoms with van der Waals surface area (Å²) in [6, 6.07) is 14.5. The number of ether oxygens (including phenoxy) is 1. The number of thiophene rings is 1. The normalized spacial score (nSPS) is 21.3. The molecule has 6 heterocycles. The number of aromatic nitrogens is 7. The molecule has 63 heavy (non-hydrogen) atoms. The number of aryl methyl sites for hydroxylation is 2. The molecule has 0 spiro atoms. The molecule has 16 heteroatoms. The molecule has 1 amide bonds. The van der Waals surface area contributed by atoms with E-state index in [-0.39, 0.29) is 35.4 Å².